The molecular formula is C26H43NO4Si. The van der Waals surface area contributed by atoms with Gasteiger partial charge in [-0.25, -0.2) is 4.79 Å². The Balaban J connectivity index is 1.54. The average molecular weight is 462 g/mol. The predicted molar refractivity (Wildman–Crippen MR) is 132 cm³/mol. The molecule has 0 radical (unpaired) electrons. The summed E-state index contributed by atoms with van der Waals surface area (Å²) < 4.78 is 18.4. The van der Waals surface area contributed by atoms with Crippen LogP contribution in [-0.2, 0) is 15.6 Å². The molecule has 1 amide bonds. The lowest BCUT2D eigenvalue weighted by molar-refractivity contribution is -0.00707. The molecule has 0 saturated carbocycles. The van der Waals surface area contributed by atoms with Gasteiger partial charge in [0, 0.05) is 31.5 Å². The molecule has 2 heterocycles. The molecule has 2 aliphatic heterocycles. The van der Waals surface area contributed by atoms with Crippen LogP contribution in [0.5, 0.6) is 5.75 Å². The second kappa shape index (κ2) is 9.38. The summed E-state index contributed by atoms with van der Waals surface area (Å²) in [6.45, 7) is 17.9. The minimum Gasteiger partial charge on any atom is -0.490 e. The van der Waals surface area contributed by atoms with Crippen LogP contribution in [0.25, 0.3) is 0 Å². The van der Waals surface area contributed by atoms with Crippen LogP contribution in [0.4, 0.5) is 4.79 Å². The van der Waals surface area contributed by atoms with Crippen molar-refractivity contribution in [3.05, 3.63) is 29.8 Å². The van der Waals surface area contributed by atoms with Crippen molar-refractivity contribution < 1.29 is 18.7 Å². The molecule has 2 fully saturated rings. The molecule has 32 heavy (non-hydrogen) atoms. The van der Waals surface area contributed by atoms with Crippen LogP contribution in [0.1, 0.15) is 72.8 Å². The van der Waals surface area contributed by atoms with Crippen LogP contribution in [0.2, 0.25) is 18.1 Å². The summed E-state index contributed by atoms with van der Waals surface area (Å²) in [4.78, 5) is 14.6. The number of hydrogen-bond acceptors (Lipinski definition) is 4. The van der Waals surface area contributed by atoms with Gasteiger partial charge >= 0.3 is 6.09 Å². The topological polar surface area (TPSA) is 48.0 Å². The Hall–Kier alpha value is -1.53. The van der Waals surface area contributed by atoms with Crippen molar-refractivity contribution in [2.24, 2.45) is 0 Å². The third-order valence-corrected chi connectivity index (χ3v) is 11.7. The maximum absolute atomic E-state index is 12.7. The van der Waals surface area contributed by atoms with E-state index < -0.39 is 13.9 Å². The van der Waals surface area contributed by atoms with Crippen LogP contribution >= 0.6 is 0 Å². The van der Waals surface area contributed by atoms with Gasteiger partial charge < -0.3 is 18.8 Å². The third-order valence-electron chi connectivity index (χ3n) is 7.16. The van der Waals surface area contributed by atoms with Gasteiger partial charge in [-0.15, -0.1) is 0 Å². The van der Waals surface area contributed by atoms with Gasteiger partial charge in [0.15, 0.2) is 8.32 Å². The minimum absolute atomic E-state index is 0.143. The van der Waals surface area contributed by atoms with Gasteiger partial charge in [-0.3, -0.25) is 0 Å². The number of rotatable bonds is 6. The van der Waals surface area contributed by atoms with E-state index in [0.717, 1.165) is 44.5 Å². The van der Waals surface area contributed by atoms with Crippen molar-refractivity contribution in [3.63, 3.8) is 0 Å². The maximum atomic E-state index is 12.7. The van der Waals surface area contributed by atoms with E-state index in [9.17, 15) is 4.79 Å². The zero-order valence-corrected chi connectivity index (χ0v) is 22.4. The molecule has 2 aliphatic rings. The molecule has 0 spiro atoms. The molecule has 2 saturated heterocycles. The van der Waals surface area contributed by atoms with Crippen molar-refractivity contribution in [1.82, 2.24) is 4.90 Å². The van der Waals surface area contributed by atoms with E-state index >= 15 is 0 Å². The lowest BCUT2D eigenvalue weighted by atomic mass is 10.00. The monoisotopic (exact) mass is 461 g/mol. The van der Waals surface area contributed by atoms with Crippen molar-refractivity contribution in [3.8, 4) is 5.75 Å². The van der Waals surface area contributed by atoms with Gasteiger partial charge in [0.1, 0.15) is 17.5 Å². The SMILES string of the molecule is CC(C)(C)OC(=O)N1[C@@H]2CC[C@H]1CC(Oc1cccc(CCO[Si](C)(C)C(C)(C)C)c1)C2. The van der Waals surface area contributed by atoms with E-state index in [2.05, 4.69) is 52.1 Å². The number of fused-ring (bicyclic) bond motifs is 2. The third kappa shape index (κ3) is 6.28. The Kier molecular flexibility index (Phi) is 7.35. The predicted octanol–water partition coefficient (Wildman–Crippen LogP) is 6.56. The van der Waals surface area contributed by atoms with Gasteiger partial charge in [0.2, 0.25) is 0 Å². The fraction of sp³-hybridized carbons (Fsp3) is 0.731. The summed E-state index contributed by atoms with van der Waals surface area (Å²) >= 11 is 0. The number of carbonyl (C=O) groups is 1. The largest absolute Gasteiger partial charge is 0.490 e. The number of amides is 1. The highest BCUT2D eigenvalue weighted by atomic mass is 28.4. The second-order valence-electron chi connectivity index (χ2n) is 12.0. The molecule has 3 rings (SSSR count). The Morgan fingerprint density at radius 2 is 1.69 bits per heavy atom. The Labute approximate surface area is 195 Å². The van der Waals surface area contributed by atoms with E-state index in [4.69, 9.17) is 13.9 Å². The van der Waals surface area contributed by atoms with Crippen molar-refractivity contribution in [1.29, 1.82) is 0 Å². The first-order valence-corrected chi connectivity index (χ1v) is 15.1. The first-order chi connectivity index (χ1) is 14.7. The molecule has 1 unspecified atom stereocenters. The fourth-order valence-electron chi connectivity index (χ4n) is 4.44. The molecule has 3 atom stereocenters. The first-order valence-electron chi connectivity index (χ1n) is 12.2. The minimum atomic E-state index is -1.72. The highest BCUT2D eigenvalue weighted by molar-refractivity contribution is 6.74. The van der Waals surface area contributed by atoms with E-state index in [1.807, 2.05) is 31.7 Å². The van der Waals surface area contributed by atoms with Gasteiger partial charge in [0.05, 0.1) is 0 Å². The molecule has 0 N–H and O–H groups in total. The van der Waals surface area contributed by atoms with Crippen molar-refractivity contribution in [2.45, 2.75) is 116 Å². The highest BCUT2D eigenvalue weighted by Gasteiger charge is 2.45. The molecule has 0 aromatic heterocycles. The van der Waals surface area contributed by atoms with Crippen LogP contribution in [-0.4, -0.2) is 49.7 Å². The molecule has 0 aliphatic carbocycles. The first kappa shape index (κ1) is 25.1. The smallest absolute Gasteiger partial charge is 0.410 e. The van der Waals surface area contributed by atoms with Gasteiger partial charge in [-0.1, -0.05) is 32.9 Å². The van der Waals surface area contributed by atoms with Crippen LogP contribution in [0.15, 0.2) is 24.3 Å². The van der Waals surface area contributed by atoms with Gasteiger partial charge in [-0.05, 0) is 75.9 Å². The van der Waals surface area contributed by atoms with Gasteiger partial charge in [0.25, 0.3) is 0 Å². The number of ether oxygens (including phenoxy) is 2. The lowest BCUT2D eigenvalue weighted by Gasteiger charge is -2.39. The standard InChI is InChI=1S/C26H43NO4Si/c1-25(2,3)31-24(28)27-20-12-13-21(27)18-23(17-20)30-22-11-9-10-19(16-22)14-15-29-32(7,8)26(4,5)6/h9-11,16,20-21,23H,12-15,17-18H2,1-8H3/t20-,21+,23?. The zero-order valence-electron chi connectivity index (χ0n) is 21.4. The molecule has 1 aromatic rings. The zero-order chi connectivity index (χ0) is 23.7. The normalized spacial score (nSPS) is 23.9. The number of nitrogens with zero attached hydrogens (tertiary/aromatic N) is 1. The number of hydrogen-bond donors (Lipinski definition) is 0. The molecule has 6 heteroatoms. The number of carbonyl (C=O) groups excluding carboxylic acids is 1. The average Bonchev–Trinajstić information content (AvgIpc) is 2.91. The maximum Gasteiger partial charge on any atom is 0.410 e. The van der Waals surface area contributed by atoms with E-state index in [1.165, 1.54) is 5.56 Å². The summed E-state index contributed by atoms with van der Waals surface area (Å²) in [5.41, 5.74) is 0.786. The van der Waals surface area contributed by atoms with E-state index in [-0.39, 0.29) is 29.3 Å². The van der Waals surface area contributed by atoms with Gasteiger partial charge in [-0.2, -0.15) is 0 Å². The highest BCUT2D eigenvalue weighted by Crippen LogP contribution is 2.39. The van der Waals surface area contributed by atoms with Crippen LogP contribution < -0.4 is 4.74 Å². The van der Waals surface area contributed by atoms with Crippen molar-refractivity contribution >= 4 is 14.4 Å². The lowest BCUT2D eigenvalue weighted by Crippen LogP contribution is -2.50. The van der Waals surface area contributed by atoms with Crippen LogP contribution in [0.3, 0.4) is 0 Å². The van der Waals surface area contributed by atoms with E-state index in [1.54, 1.807) is 0 Å². The summed E-state index contributed by atoms with van der Waals surface area (Å²) in [5, 5.41) is 0.228. The molecular weight excluding hydrogens is 418 g/mol. The van der Waals surface area contributed by atoms with Crippen LogP contribution in [0, 0.1) is 0 Å². The number of benzene rings is 1. The molecule has 5 nitrogen and oxygen atoms in total. The Morgan fingerprint density at radius 1 is 1.06 bits per heavy atom. The Bertz CT molecular complexity index is 782. The summed E-state index contributed by atoms with van der Waals surface area (Å²) in [7, 11) is -1.72. The molecule has 180 valence electrons. The Morgan fingerprint density at radius 3 is 2.25 bits per heavy atom. The fourth-order valence-corrected chi connectivity index (χ4v) is 5.49. The quantitative estimate of drug-likeness (QED) is 0.450. The second-order valence-corrected chi connectivity index (χ2v) is 16.8. The van der Waals surface area contributed by atoms with E-state index in [0.29, 0.717) is 0 Å². The summed E-state index contributed by atoms with van der Waals surface area (Å²) in [5.74, 6) is 0.921. The molecule has 2 bridgehead atoms. The summed E-state index contributed by atoms with van der Waals surface area (Å²) in [6, 6.07) is 8.85. The molecule has 1 aromatic carbocycles. The van der Waals surface area contributed by atoms with Crippen molar-refractivity contribution in [2.75, 3.05) is 6.61 Å². The number of piperidine rings is 1. The summed E-state index contributed by atoms with van der Waals surface area (Å²) in [6.07, 6.45) is 4.68.